The molecule has 7 nitrogen and oxygen atoms in total. The molecule has 1 amide bonds. The van der Waals surface area contributed by atoms with Crippen LogP contribution in [0.2, 0.25) is 0 Å². The van der Waals surface area contributed by atoms with Crippen LogP contribution in [0, 0.1) is 5.92 Å². The van der Waals surface area contributed by atoms with E-state index in [0.717, 1.165) is 5.56 Å². The van der Waals surface area contributed by atoms with Gasteiger partial charge in [0.25, 0.3) is 0 Å². The van der Waals surface area contributed by atoms with Crippen LogP contribution in [0.3, 0.4) is 0 Å². The van der Waals surface area contributed by atoms with Crippen molar-refractivity contribution in [1.82, 2.24) is 4.98 Å². The molecule has 0 N–H and O–H groups in total. The van der Waals surface area contributed by atoms with E-state index >= 15 is 0 Å². The van der Waals surface area contributed by atoms with Gasteiger partial charge in [0.15, 0.2) is 11.6 Å². The van der Waals surface area contributed by atoms with Crippen LogP contribution in [0.1, 0.15) is 12.0 Å². The van der Waals surface area contributed by atoms with Crippen molar-refractivity contribution < 1.29 is 9.53 Å². The van der Waals surface area contributed by atoms with Gasteiger partial charge in [0, 0.05) is 30.6 Å². The Morgan fingerprint density at radius 3 is 2.92 bits per heavy atom. The minimum Gasteiger partial charge on any atom is -0.485 e. The quantitative estimate of drug-likeness (QED) is 0.464. The summed E-state index contributed by atoms with van der Waals surface area (Å²) in [6.45, 7) is 1.20. The topological polar surface area (TPSA) is 91.2 Å². The average Bonchev–Trinajstić information content (AvgIpc) is 3.00. The molecular formula is C17H17N5O2. The van der Waals surface area contributed by atoms with E-state index in [9.17, 15) is 4.79 Å². The molecule has 3 rings (SSSR count). The number of aromatic nitrogens is 1. The fraction of sp³-hybridized carbons (Fsp3) is 0.294. The molecule has 122 valence electrons. The Kier molecular flexibility index (Phi) is 4.93. The molecule has 0 bridgehead atoms. The van der Waals surface area contributed by atoms with Crippen LogP contribution in [-0.2, 0) is 11.4 Å². The Hall–Kier alpha value is -3.05. The van der Waals surface area contributed by atoms with E-state index in [1.807, 2.05) is 30.3 Å². The second-order valence-corrected chi connectivity index (χ2v) is 5.59. The predicted molar refractivity (Wildman–Crippen MR) is 89.5 cm³/mol. The van der Waals surface area contributed by atoms with Gasteiger partial charge in [0.05, 0.1) is 0 Å². The number of carbonyl (C=O) groups is 1. The van der Waals surface area contributed by atoms with Gasteiger partial charge >= 0.3 is 0 Å². The lowest BCUT2D eigenvalue weighted by Gasteiger charge is -2.19. The number of hydrogen-bond donors (Lipinski definition) is 0. The van der Waals surface area contributed by atoms with Crippen molar-refractivity contribution in [3.05, 3.63) is 64.7 Å². The SMILES string of the molecule is [N-]=[N+]=NCC1CC(=O)N(c2ncccc2OCc2ccccc2)C1. The van der Waals surface area contributed by atoms with Crippen LogP contribution >= 0.6 is 0 Å². The molecule has 1 aromatic carbocycles. The lowest BCUT2D eigenvalue weighted by atomic mass is 10.1. The molecule has 1 unspecified atom stereocenters. The van der Waals surface area contributed by atoms with Crippen molar-refractivity contribution in [2.45, 2.75) is 13.0 Å². The van der Waals surface area contributed by atoms with Gasteiger partial charge in [-0.1, -0.05) is 35.4 Å². The standard InChI is InChI=1S/C17H17N5O2/c18-21-20-10-14-9-16(23)22(11-14)17-15(7-4-8-19-17)24-12-13-5-2-1-3-6-13/h1-8,14H,9-12H2. The maximum atomic E-state index is 12.3. The van der Waals surface area contributed by atoms with Crippen molar-refractivity contribution in [3.63, 3.8) is 0 Å². The number of amides is 1. The lowest BCUT2D eigenvalue weighted by molar-refractivity contribution is -0.117. The minimum absolute atomic E-state index is 0.0115. The molecule has 0 saturated carbocycles. The van der Waals surface area contributed by atoms with E-state index in [2.05, 4.69) is 15.0 Å². The number of benzene rings is 1. The zero-order valence-corrected chi connectivity index (χ0v) is 13.1. The Morgan fingerprint density at radius 2 is 2.12 bits per heavy atom. The fourth-order valence-electron chi connectivity index (χ4n) is 2.69. The summed E-state index contributed by atoms with van der Waals surface area (Å²) in [6, 6.07) is 13.4. The Balaban J connectivity index is 1.74. The first-order valence-electron chi connectivity index (χ1n) is 7.71. The highest BCUT2D eigenvalue weighted by atomic mass is 16.5. The van der Waals surface area contributed by atoms with Crippen molar-refractivity contribution in [1.29, 1.82) is 0 Å². The first kappa shape index (κ1) is 15.8. The summed E-state index contributed by atoms with van der Waals surface area (Å²) >= 11 is 0. The molecule has 0 radical (unpaired) electrons. The molecule has 1 atom stereocenters. The third-order valence-electron chi connectivity index (χ3n) is 3.85. The van der Waals surface area contributed by atoms with E-state index < -0.39 is 0 Å². The normalized spacial score (nSPS) is 16.8. The maximum absolute atomic E-state index is 12.3. The van der Waals surface area contributed by atoms with Crippen LogP contribution in [0.5, 0.6) is 5.75 Å². The van der Waals surface area contributed by atoms with Crippen molar-refractivity contribution in [3.8, 4) is 5.75 Å². The Morgan fingerprint density at radius 1 is 1.29 bits per heavy atom. The van der Waals surface area contributed by atoms with Gasteiger partial charge in [-0.25, -0.2) is 4.98 Å². The molecule has 2 aromatic rings. The van der Waals surface area contributed by atoms with Crippen LogP contribution < -0.4 is 9.64 Å². The fourth-order valence-corrected chi connectivity index (χ4v) is 2.69. The molecule has 7 heteroatoms. The minimum atomic E-state index is -0.0311. The summed E-state index contributed by atoms with van der Waals surface area (Å²) in [5.74, 6) is 1.06. The summed E-state index contributed by atoms with van der Waals surface area (Å²) in [4.78, 5) is 21.0. The highest BCUT2D eigenvalue weighted by Crippen LogP contribution is 2.31. The van der Waals surface area contributed by atoms with Gasteiger partial charge in [0.1, 0.15) is 6.61 Å². The number of rotatable bonds is 6. The second-order valence-electron chi connectivity index (χ2n) is 5.59. The molecule has 1 aliphatic heterocycles. The third-order valence-corrected chi connectivity index (χ3v) is 3.85. The largest absolute Gasteiger partial charge is 0.485 e. The van der Waals surface area contributed by atoms with E-state index in [0.29, 0.717) is 37.7 Å². The van der Waals surface area contributed by atoms with E-state index in [1.165, 1.54) is 0 Å². The molecule has 0 aliphatic carbocycles. The van der Waals surface area contributed by atoms with E-state index in [4.69, 9.17) is 10.3 Å². The maximum Gasteiger partial charge on any atom is 0.228 e. The van der Waals surface area contributed by atoms with E-state index in [-0.39, 0.29) is 11.8 Å². The van der Waals surface area contributed by atoms with Crippen LogP contribution in [0.15, 0.2) is 53.8 Å². The summed E-state index contributed by atoms with van der Waals surface area (Å²) in [6.07, 6.45) is 1.99. The van der Waals surface area contributed by atoms with Crippen molar-refractivity contribution in [2.75, 3.05) is 18.0 Å². The molecule has 0 spiro atoms. The number of carbonyl (C=O) groups excluding carboxylic acids is 1. The van der Waals surface area contributed by atoms with Gasteiger partial charge in [-0.05, 0) is 29.1 Å². The van der Waals surface area contributed by atoms with Gasteiger partial charge in [-0.15, -0.1) is 0 Å². The average molecular weight is 323 g/mol. The summed E-state index contributed by atoms with van der Waals surface area (Å²) < 4.78 is 5.86. The second kappa shape index (κ2) is 7.48. The van der Waals surface area contributed by atoms with Crippen molar-refractivity contribution in [2.24, 2.45) is 11.0 Å². The third kappa shape index (κ3) is 3.64. The molecule has 24 heavy (non-hydrogen) atoms. The smallest absolute Gasteiger partial charge is 0.228 e. The molecule has 1 aliphatic rings. The number of anilines is 1. The van der Waals surface area contributed by atoms with Gasteiger partial charge in [0.2, 0.25) is 5.91 Å². The van der Waals surface area contributed by atoms with Crippen LogP contribution in [0.25, 0.3) is 10.4 Å². The van der Waals surface area contributed by atoms with Crippen LogP contribution in [0.4, 0.5) is 5.82 Å². The Labute approximate surface area is 139 Å². The molecule has 2 heterocycles. The number of ether oxygens (including phenoxy) is 1. The zero-order chi connectivity index (χ0) is 16.8. The van der Waals surface area contributed by atoms with Crippen molar-refractivity contribution >= 4 is 11.7 Å². The highest BCUT2D eigenvalue weighted by Gasteiger charge is 2.32. The first-order chi connectivity index (χ1) is 11.8. The summed E-state index contributed by atoms with van der Waals surface area (Å²) in [5.41, 5.74) is 9.47. The first-order valence-corrected chi connectivity index (χ1v) is 7.71. The molecule has 1 fully saturated rings. The number of nitrogens with zero attached hydrogens (tertiary/aromatic N) is 5. The van der Waals surface area contributed by atoms with Crippen LogP contribution in [-0.4, -0.2) is 24.0 Å². The van der Waals surface area contributed by atoms with Gasteiger partial charge < -0.3 is 4.74 Å². The number of azide groups is 1. The van der Waals surface area contributed by atoms with Gasteiger partial charge in [-0.2, -0.15) is 0 Å². The lowest BCUT2D eigenvalue weighted by Crippen LogP contribution is -2.26. The monoisotopic (exact) mass is 323 g/mol. The zero-order valence-electron chi connectivity index (χ0n) is 13.1. The highest BCUT2D eigenvalue weighted by molar-refractivity contribution is 5.96. The molecule has 1 aromatic heterocycles. The van der Waals surface area contributed by atoms with Gasteiger partial charge in [-0.3, -0.25) is 9.69 Å². The Bertz CT molecular complexity index is 759. The number of hydrogen-bond acceptors (Lipinski definition) is 4. The molecular weight excluding hydrogens is 306 g/mol. The number of pyridine rings is 1. The van der Waals surface area contributed by atoms with E-state index in [1.54, 1.807) is 23.2 Å². The summed E-state index contributed by atoms with van der Waals surface area (Å²) in [7, 11) is 0. The predicted octanol–water partition coefficient (Wildman–Crippen LogP) is 3.32. The molecule has 1 saturated heterocycles. The summed E-state index contributed by atoms with van der Waals surface area (Å²) in [5, 5.41) is 3.56.